The standard InChI is InChI=1S/C14H24FN3/c1-5-18(11(2)10-17(3)4)14-7-12(9-16)6-13(15)8-14/h6-8,11H,5,9-10,16H2,1-4H3. The van der Waals surface area contributed by atoms with E-state index < -0.39 is 0 Å². The maximum atomic E-state index is 13.5. The Morgan fingerprint density at radius 3 is 2.44 bits per heavy atom. The molecule has 3 nitrogen and oxygen atoms in total. The first-order chi connectivity index (χ1) is 8.47. The Kier molecular flexibility index (Phi) is 5.56. The molecule has 0 aliphatic carbocycles. The van der Waals surface area contributed by atoms with Gasteiger partial charge in [-0.15, -0.1) is 0 Å². The molecule has 0 saturated heterocycles. The van der Waals surface area contributed by atoms with Crippen LogP contribution in [-0.4, -0.2) is 38.1 Å². The van der Waals surface area contributed by atoms with E-state index in [2.05, 4.69) is 23.6 Å². The Morgan fingerprint density at radius 1 is 1.28 bits per heavy atom. The predicted molar refractivity (Wildman–Crippen MR) is 75.3 cm³/mol. The summed E-state index contributed by atoms with van der Waals surface area (Å²) < 4.78 is 13.5. The lowest BCUT2D eigenvalue weighted by atomic mass is 10.1. The summed E-state index contributed by atoms with van der Waals surface area (Å²) in [5, 5.41) is 0. The lowest BCUT2D eigenvalue weighted by molar-refractivity contribution is 0.373. The molecule has 1 unspecified atom stereocenters. The number of hydrogen-bond donors (Lipinski definition) is 1. The van der Waals surface area contributed by atoms with E-state index in [4.69, 9.17) is 5.73 Å². The van der Waals surface area contributed by atoms with E-state index in [1.165, 1.54) is 6.07 Å². The van der Waals surface area contributed by atoms with Gasteiger partial charge in [-0.2, -0.15) is 0 Å². The topological polar surface area (TPSA) is 32.5 Å². The maximum absolute atomic E-state index is 13.5. The zero-order valence-corrected chi connectivity index (χ0v) is 11.8. The van der Waals surface area contributed by atoms with Crippen LogP contribution in [0.4, 0.5) is 10.1 Å². The lowest BCUT2D eigenvalue weighted by Crippen LogP contribution is -2.40. The Morgan fingerprint density at radius 2 is 1.94 bits per heavy atom. The highest BCUT2D eigenvalue weighted by Crippen LogP contribution is 2.20. The molecule has 1 atom stereocenters. The molecule has 1 rings (SSSR count). The number of hydrogen-bond acceptors (Lipinski definition) is 3. The summed E-state index contributed by atoms with van der Waals surface area (Å²) in [5.41, 5.74) is 7.34. The van der Waals surface area contributed by atoms with E-state index >= 15 is 0 Å². The van der Waals surface area contributed by atoms with Gasteiger partial charge < -0.3 is 15.5 Å². The Balaban J connectivity index is 2.97. The van der Waals surface area contributed by atoms with E-state index in [0.717, 1.165) is 24.3 Å². The van der Waals surface area contributed by atoms with Crippen LogP contribution in [0, 0.1) is 5.82 Å². The van der Waals surface area contributed by atoms with Gasteiger partial charge in [0.1, 0.15) is 5.82 Å². The van der Waals surface area contributed by atoms with Gasteiger partial charge in [0.2, 0.25) is 0 Å². The van der Waals surface area contributed by atoms with Crippen molar-refractivity contribution in [1.82, 2.24) is 4.90 Å². The molecule has 0 bridgehead atoms. The fourth-order valence-electron chi connectivity index (χ4n) is 2.29. The van der Waals surface area contributed by atoms with Crippen molar-refractivity contribution >= 4 is 5.69 Å². The van der Waals surface area contributed by atoms with Gasteiger partial charge in [-0.3, -0.25) is 0 Å². The number of rotatable bonds is 6. The number of nitrogens with zero attached hydrogens (tertiary/aromatic N) is 2. The average Bonchev–Trinajstić information content (AvgIpc) is 2.28. The third-order valence-electron chi connectivity index (χ3n) is 3.01. The molecular weight excluding hydrogens is 229 g/mol. The van der Waals surface area contributed by atoms with Crippen LogP contribution in [0.3, 0.4) is 0 Å². The smallest absolute Gasteiger partial charge is 0.125 e. The first-order valence-electron chi connectivity index (χ1n) is 6.38. The molecule has 102 valence electrons. The van der Waals surface area contributed by atoms with Crippen LogP contribution in [0.5, 0.6) is 0 Å². The summed E-state index contributed by atoms with van der Waals surface area (Å²) in [5.74, 6) is -0.219. The highest BCUT2D eigenvalue weighted by molar-refractivity contribution is 5.50. The first kappa shape index (κ1) is 14.9. The highest BCUT2D eigenvalue weighted by atomic mass is 19.1. The van der Waals surface area contributed by atoms with Gasteiger partial charge in [-0.05, 0) is 51.7 Å². The molecule has 1 aromatic carbocycles. The van der Waals surface area contributed by atoms with Crippen LogP contribution in [0.2, 0.25) is 0 Å². The molecule has 0 spiro atoms. The van der Waals surface area contributed by atoms with E-state index in [-0.39, 0.29) is 5.82 Å². The normalized spacial score (nSPS) is 12.8. The van der Waals surface area contributed by atoms with Gasteiger partial charge in [0, 0.05) is 31.4 Å². The summed E-state index contributed by atoms with van der Waals surface area (Å²) in [4.78, 5) is 4.33. The number of anilines is 1. The van der Waals surface area contributed by atoms with E-state index in [1.54, 1.807) is 6.07 Å². The van der Waals surface area contributed by atoms with Crippen molar-refractivity contribution in [1.29, 1.82) is 0 Å². The Labute approximate surface area is 109 Å². The molecule has 2 N–H and O–H groups in total. The van der Waals surface area contributed by atoms with Crippen LogP contribution in [0.1, 0.15) is 19.4 Å². The van der Waals surface area contributed by atoms with Crippen LogP contribution < -0.4 is 10.6 Å². The van der Waals surface area contributed by atoms with Gasteiger partial charge in [0.15, 0.2) is 0 Å². The Hall–Kier alpha value is -1.13. The van der Waals surface area contributed by atoms with Gasteiger partial charge in [-0.1, -0.05) is 0 Å². The molecule has 0 radical (unpaired) electrons. The van der Waals surface area contributed by atoms with Gasteiger partial charge in [-0.25, -0.2) is 4.39 Å². The van der Waals surface area contributed by atoms with E-state index in [1.807, 2.05) is 20.2 Å². The molecule has 0 heterocycles. The summed E-state index contributed by atoms with van der Waals surface area (Å²) in [6.45, 7) is 6.38. The van der Waals surface area contributed by atoms with Crippen LogP contribution in [0.15, 0.2) is 18.2 Å². The number of benzene rings is 1. The highest BCUT2D eigenvalue weighted by Gasteiger charge is 2.14. The number of likely N-dealkylation sites (N-methyl/N-ethyl adjacent to an activating group) is 2. The minimum Gasteiger partial charge on any atom is -0.368 e. The van der Waals surface area contributed by atoms with Crippen molar-refractivity contribution in [3.63, 3.8) is 0 Å². The van der Waals surface area contributed by atoms with Crippen LogP contribution >= 0.6 is 0 Å². The molecule has 1 aromatic rings. The molecular formula is C14H24FN3. The van der Waals surface area contributed by atoms with E-state index in [0.29, 0.717) is 12.6 Å². The lowest BCUT2D eigenvalue weighted by Gasteiger charge is -2.32. The van der Waals surface area contributed by atoms with Crippen molar-refractivity contribution in [3.8, 4) is 0 Å². The van der Waals surface area contributed by atoms with Crippen LogP contribution in [0.25, 0.3) is 0 Å². The second-order valence-electron chi connectivity index (χ2n) is 4.92. The summed E-state index contributed by atoms with van der Waals surface area (Å²) in [7, 11) is 4.09. The fourth-order valence-corrected chi connectivity index (χ4v) is 2.29. The average molecular weight is 253 g/mol. The van der Waals surface area contributed by atoms with Crippen molar-refractivity contribution in [3.05, 3.63) is 29.6 Å². The zero-order valence-electron chi connectivity index (χ0n) is 11.8. The summed E-state index contributed by atoms with van der Waals surface area (Å²) >= 11 is 0. The van der Waals surface area contributed by atoms with E-state index in [9.17, 15) is 4.39 Å². The second kappa shape index (κ2) is 6.71. The largest absolute Gasteiger partial charge is 0.368 e. The third-order valence-corrected chi connectivity index (χ3v) is 3.01. The minimum atomic E-state index is -0.219. The van der Waals surface area contributed by atoms with Gasteiger partial charge in [0.25, 0.3) is 0 Å². The monoisotopic (exact) mass is 253 g/mol. The molecule has 0 aromatic heterocycles. The summed E-state index contributed by atoms with van der Waals surface area (Å²) in [6.07, 6.45) is 0. The first-order valence-corrected chi connectivity index (χ1v) is 6.38. The minimum absolute atomic E-state index is 0.219. The molecule has 0 saturated carbocycles. The van der Waals surface area contributed by atoms with Crippen molar-refractivity contribution in [2.45, 2.75) is 26.4 Å². The third kappa shape index (κ3) is 3.96. The van der Waals surface area contributed by atoms with Crippen molar-refractivity contribution < 1.29 is 4.39 Å². The fraction of sp³-hybridized carbons (Fsp3) is 0.571. The zero-order chi connectivity index (χ0) is 13.7. The molecule has 0 aliphatic rings. The molecule has 18 heavy (non-hydrogen) atoms. The maximum Gasteiger partial charge on any atom is 0.125 e. The SMILES string of the molecule is CCN(c1cc(F)cc(CN)c1)C(C)CN(C)C. The molecule has 0 amide bonds. The predicted octanol–water partition coefficient (Wildman–Crippen LogP) is 2.06. The second-order valence-corrected chi connectivity index (χ2v) is 4.92. The molecule has 0 fully saturated rings. The van der Waals surface area contributed by atoms with Crippen molar-refractivity contribution in [2.75, 3.05) is 32.1 Å². The Bertz CT molecular complexity index is 379. The molecule has 0 aliphatic heterocycles. The molecule has 4 heteroatoms. The van der Waals surface area contributed by atoms with Crippen LogP contribution in [-0.2, 0) is 6.54 Å². The number of nitrogens with two attached hydrogens (primary N) is 1. The van der Waals surface area contributed by atoms with Gasteiger partial charge >= 0.3 is 0 Å². The number of halogens is 1. The summed E-state index contributed by atoms with van der Waals surface area (Å²) in [6, 6.07) is 5.37. The quantitative estimate of drug-likeness (QED) is 0.842. The van der Waals surface area contributed by atoms with Crippen molar-refractivity contribution in [2.24, 2.45) is 5.73 Å². The van der Waals surface area contributed by atoms with Gasteiger partial charge in [0.05, 0.1) is 0 Å².